The van der Waals surface area contributed by atoms with Crippen molar-refractivity contribution in [1.82, 2.24) is 10.6 Å². The Kier molecular flexibility index (Phi) is 10.4. The van der Waals surface area contributed by atoms with Crippen LogP contribution in [0.15, 0.2) is 59.6 Å². The lowest BCUT2D eigenvalue weighted by Gasteiger charge is -2.38. The number of rotatable bonds is 7. The average Bonchev–Trinajstić information content (AvgIpc) is 2.82. The molecule has 182 valence electrons. The Hall–Kier alpha value is -1.85. The van der Waals surface area contributed by atoms with Gasteiger partial charge in [-0.25, -0.2) is 0 Å². The molecule has 5 nitrogen and oxygen atoms in total. The van der Waals surface area contributed by atoms with Gasteiger partial charge >= 0.3 is 6.18 Å². The van der Waals surface area contributed by atoms with Gasteiger partial charge in [0.05, 0.1) is 12.2 Å². The van der Waals surface area contributed by atoms with Crippen LogP contribution < -0.4 is 10.6 Å². The van der Waals surface area contributed by atoms with Crippen molar-refractivity contribution in [3.63, 3.8) is 0 Å². The first kappa shape index (κ1) is 27.4. The summed E-state index contributed by atoms with van der Waals surface area (Å²) in [6, 6.07) is 15.3. The lowest BCUT2D eigenvalue weighted by Crippen LogP contribution is -2.48. The van der Waals surface area contributed by atoms with E-state index in [1.807, 2.05) is 30.3 Å². The highest BCUT2D eigenvalue weighted by Crippen LogP contribution is 2.37. The van der Waals surface area contributed by atoms with Crippen LogP contribution in [-0.4, -0.2) is 51.0 Å². The number of aliphatic hydroxyl groups is 1. The molecule has 2 aromatic rings. The molecule has 2 aromatic carbocycles. The summed E-state index contributed by atoms with van der Waals surface area (Å²) in [6.07, 6.45) is -3.16. The Morgan fingerprint density at radius 2 is 1.79 bits per heavy atom. The van der Waals surface area contributed by atoms with E-state index in [1.54, 1.807) is 13.1 Å². The van der Waals surface area contributed by atoms with Gasteiger partial charge in [-0.1, -0.05) is 48.5 Å². The molecule has 3 rings (SSSR count). The van der Waals surface area contributed by atoms with Crippen LogP contribution in [0.2, 0.25) is 0 Å². The van der Waals surface area contributed by atoms with E-state index in [-0.39, 0.29) is 36.5 Å². The molecule has 0 saturated carbocycles. The van der Waals surface area contributed by atoms with Gasteiger partial charge in [0.1, 0.15) is 0 Å². The molecule has 0 bridgehead atoms. The maximum atomic E-state index is 13.3. The van der Waals surface area contributed by atoms with Crippen molar-refractivity contribution >= 4 is 29.9 Å². The van der Waals surface area contributed by atoms with Crippen LogP contribution in [0.3, 0.4) is 0 Å². The molecule has 1 saturated heterocycles. The minimum absolute atomic E-state index is 0. The average molecular weight is 577 g/mol. The summed E-state index contributed by atoms with van der Waals surface area (Å²) in [7, 11) is 1.65. The Bertz CT molecular complexity index is 888. The molecule has 33 heavy (non-hydrogen) atoms. The highest BCUT2D eigenvalue weighted by Gasteiger charge is 2.37. The number of alkyl halides is 3. The minimum Gasteiger partial charge on any atom is -0.396 e. The van der Waals surface area contributed by atoms with Crippen LogP contribution >= 0.6 is 24.0 Å². The molecule has 0 aliphatic carbocycles. The molecule has 9 heteroatoms. The van der Waals surface area contributed by atoms with E-state index in [4.69, 9.17) is 4.74 Å². The maximum absolute atomic E-state index is 13.3. The fraction of sp³-hybridized carbons (Fsp3) is 0.458. The molecule has 1 atom stereocenters. The molecule has 0 radical (unpaired) electrons. The second kappa shape index (κ2) is 12.6. The van der Waals surface area contributed by atoms with Gasteiger partial charge in [-0.15, -0.1) is 24.0 Å². The predicted octanol–water partition coefficient (Wildman–Crippen LogP) is 4.31. The number of nitrogens with zero attached hydrogens (tertiary/aromatic N) is 1. The van der Waals surface area contributed by atoms with E-state index in [9.17, 15) is 18.3 Å². The van der Waals surface area contributed by atoms with Crippen molar-refractivity contribution in [3.05, 3.63) is 71.3 Å². The van der Waals surface area contributed by atoms with Crippen LogP contribution in [0.1, 0.15) is 35.4 Å². The zero-order chi connectivity index (χ0) is 23.0. The van der Waals surface area contributed by atoms with Crippen molar-refractivity contribution < 1.29 is 23.0 Å². The smallest absolute Gasteiger partial charge is 0.396 e. The summed E-state index contributed by atoms with van der Waals surface area (Å²) in [5, 5.41) is 16.3. The quantitative estimate of drug-likeness (QED) is 0.261. The summed E-state index contributed by atoms with van der Waals surface area (Å²) in [5.41, 5.74) is 0.531. The third kappa shape index (κ3) is 7.31. The van der Waals surface area contributed by atoms with Crippen molar-refractivity contribution in [2.24, 2.45) is 4.99 Å². The van der Waals surface area contributed by atoms with Gasteiger partial charge in [0.2, 0.25) is 0 Å². The van der Waals surface area contributed by atoms with E-state index in [1.165, 1.54) is 12.1 Å². The summed E-state index contributed by atoms with van der Waals surface area (Å²) in [6.45, 7) is 1.86. The fourth-order valence-corrected chi connectivity index (χ4v) is 4.06. The molecule has 1 fully saturated rings. The summed E-state index contributed by atoms with van der Waals surface area (Å²) < 4.78 is 45.4. The number of aliphatic hydroxyl groups excluding tert-OH is 1. The minimum atomic E-state index is -4.38. The van der Waals surface area contributed by atoms with E-state index in [0.29, 0.717) is 50.7 Å². The Labute approximate surface area is 209 Å². The number of guanidine groups is 1. The summed E-state index contributed by atoms with van der Waals surface area (Å²) in [5.74, 6) is 0.437. The molecular weight excluding hydrogens is 546 g/mol. The third-order valence-corrected chi connectivity index (χ3v) is 6.08. The molecule has 1 aliphatic rings. The standard InChI is InChI=1S/C24H30F3N3O2.HI/c1-28-22(29-15-19(16-31)18-6-3-2-4-7-18)30-17-23(10-12-32-13-11-23)20-8-5-9-21(14-20)24(25,26)27;/h2-9,14,19,31H,10-13,15-17H2,1H3,(H2,28,29,30);1H. The first-order valence-electron chi connectivity index (χ1n) is 10.7. The molecule has 1 heterocycles. The first-order valence-corrected chi connectivity index (χ1v) is 10.7. The van der Waals surface area contributed by atoms with E-state index in [0.717, 1.165) is 11.6 Å². The number of benzene rings is 2. The van der Waals surface area contributed by atoms with Gasteiger partial charge < -0.3 is 20.5 Å². The molecule has 1 aliphatic heterocycles. The largest absolute Gasteiger partial charge is 0.416 e. The SMILES string of the molecule is CN=C(NCC(CO)c1ccccc1)NCC1(c2cccc(C(F)(F)F)c2)CCOCC1.I. The van der Waals surface area contributed by atoms with E-state index in [2.05, 4.69) is 15.6 Å². The number of halogens is 4. The molecule has 0 spiro atoms. The molecule has 0 amide bonds. The van der Waals surface area contributed by atoms with Crippen molar-refractivity contribution in [2.75, 3.05) is 40.0 Å². The second-order valence-electron chi connectivity index (χ2n) is 8.07. The second-order valence-corrected chi connectivity index (χ2v) is 8.07. The van der Waals surface area contributed by atoms with Crippen LogP contribution in [0.4, 0.5) is 13.2 Å². The number of aliphatic imine (C=N–C) groups is 1. The molecule has 3 N–H and O–H groups in total. The van der Waals surface area contributed by atoms with Crippen molar-refractivity contribution in [2.45, 2.75) is 30.4 Å². The summed E-state index contributed by atoms with van der Waals surface area (Å²) >= 11 is 0. The number of hydrogen-bond donors (Lipinski definition) is 3. The predicted molar refractivity (Wildman–Crippen MR) is 134 cm³/mol. The molecule has 0 aromatic heterocycles. The lowest BCUT2D eigenvalue weighted by molar-refractivity contribution is -0.137. The zero-order valence-electron chi connectivity index (χ0n) is 18.6. The lowest BCUT2D eigenvalue weighted by atomic mass is 9.73. The normalized spacial score (nSPS) is 17.1. The van der Waals surface area contributed by atoms with Crippen LogP contribution in [0.5, 0.6) is 0 Å². The first-order chi connectivity index (χ1) is 15.4. The Morgan fingerprint density at radius 3 is 2.39 bits per heavy atom. The van der Waals surface area contributed by atoms with Gasteiger partial charge in [-0.3, -0.25) is 4.99 Å². The van der Waals surface area contributed by atoms with Crippen LogP contribution in [0, 0.1) is 0 Å². The highest BCUT2D eigenvalue weighted by atomic mass is 127. The van der Waals surface area contributed by atoms with Crippen LogP contribution in [-0.2, 0) is 16.3 Å². The summed E-state index contributed by atoms with van der Waals surface area (Å²) in [4.78, 5) is 4.26. The van der Waals surface area contributed by atoms with Gasteiger partial charge in [0, 0.05) is 44.7 Å². The van der Waals surface area contributed by atoms with Crippen LogP contribution in [0.25, 0.3) is 0 Å². The van der Waals surface area contributed by atoms with Gasteiger partial charge in [0.25, 0.3) is 0 Å². The van der Waals surface area contributed by atoms with Gasteiger partial charge in [0.15, 0.2) is 5.96 Å². The number of nitrogens with one attached hydrogen (secondary N) is 2. The monoisotopic (exact) mass is 577 g/mol. The van der Waals surface area contributed by atoms with Gasteiger partial charge in [-0.2, -0.15) is 13.2 Å². The third-order valence-electron chi connectivity index (χ3n) is 6.08. The molecular formula is C24H31F3IN3O2. The Balaban J connectivity index is 0.00000385. The highest BCUT2D eigenvalue weighted by molar-refractivity contribution is 14.0. The van der Waals surface area contributed by atoms with E-state index >= 15 is 0 Å². The van der Waals surface area contributed by atoms with Crippen molar-refractivity contribution in [3.8, 4) is 0 Å². The topological polar surface area (TPSA) is 65.9 Å². The number of ether oxygens (including phenoxy) is 1. The van der Waals surface area contributed by atoms with Crippen molar-refractivity contribution in [1.29, 1.82) is 0 Å². The molecule has 1 unspecified atom stereocenters. The Morgan fingerprint density at radius 1 is 1.09 bits per heavy atom. The maximum Gasteiger partial charge on any atom is 0.416 e. The van der Waals surface area contributed by atoms with E-state index < -0.39 is 17.2 Å². The van der Waals surface area contributed by atoms with Gasteiger partial charge in [-0.05, 0) is 30.0 Å². The fourth-order valence-electron chi connectivity index (χ4n) is 4.06. The zero-order valence-corrected chi connectivity index (χ0v) is 20.9. The number of hydrogen-bond acceptors (Lipinski definition) is 3.